The van der Waals surface area contributed by atoms with Crippen LogP contribution in [0.3, 0.4) is 0 Å². The Morgan fingerprint density at radius 3 is 2.48 bits per heavy atom. The Bertz CT molecular complexity index is 644. The monoisotopic (exact) mass is 313 g/mol. The van der Waals surface area contributed by atoms with Crippen molar-refractivity contribution in [3.8, 4) is 0 Å². The van der Waals surface area contributed by atoms with E-state index in [1.165, 1.54) is 0 Å². The predicted molar refractivity (Wildman–Crippen MR) is 91.1 cm³/mol. The second kappa shape index (κ2) is 7.40. The van der Waals surface area contributed by atoms with E-state index < -0.39 is 5.72 Å². The highest BCUT2D eigenvalue weighted by Gasteiger charge is 2.34. The van der Waals surface area contributed by atoms with Crippen LogP contribution in [0, 0.1) is 0 Å². The largest absolute Gasteiger partial charge is 0.500 e. The van der Waals surface area contributed by atoms with E-state index in [2.05, 4.69) is 0 Å². The van der Waals surface area contributed by atoms with Crippen LogP contribution in [0.4, 0.5) is 0 Å². The van der Waals surface area contributed by atoms with Crippen molar-refractivity contribution in [1.29, 1.82) is 0 Å². The maximum absolute atomic E-state index is 12.2. The van der Waals surface area contributed by atoms with Gasteiger partial charge in [-0.15, -0.1) is 0 Å². The Hall–Kier alpha value is -2.17. The van der Waals surface area contributed by atoms with Gasteiger partial charge in [-0.25, -0.2) is 0 Å². The average Bonchev–Trinajstić information content (AvgIpc) is 2.60. The smallest absolute Gasteiger partial charge is 0.185 e. The van der Waals surface area contributed by atoms with Crippen molar-refractivity contribution < 1.29 is 14.3 Å². The second-order valence-corrected chi connectivity index (χ2v) is 5.60. The van der Waals surface area contributed by atoms with Crippen molar-refractivity contribution in [1.82, 2.24) is 4.90 Å². The molecule has 0 saturated heterocycles. The highest BCUT2D eigenvalue weighted by atomic mass is 16.5. The minimum atomic E-state index is -0.522. The first-order valence-corrected chi connectivity index (χ1v) is 7.49. The number of ether oxygens (including phenoxy) is 2. The minimum absolute atomic E-state index is 0.0295. The fourth-order valence-electron chi connectivity index (χ4n) is 2.54. The van der Waals surface area contributed by atoms with E-state index in [0.717, 1.165) is 11.3 Å². The van der Waals surface area contributed by atoms with Crippen LogP contribution in [0.1, 0.15) is 16.8 Å². The molecule has 1 aromatic rings. The third kappa shape index (κ3) is 3.78. The van der Waals surface area contributed by atoms with Gasteiger partial charge < -0.3 is 9.47 Å². The molecule has 2 rings (SSSR count). The summed E-state index contributed by atoms with van der Waals surface area (Å²) in [5, 5.41) is 0. The van der Waals surface area contributed by atoms with Gasteiger partial charge in [-0.05, 0) is 32.3 Å². The van der Waals surface area contributed by atoms with Gasteiger partial charge in [-0.2, -0.15) is 0 Å². The molecule has 0 fully saturated rings. The highest BCUT2D eigenvalue weighted by Crippen LogP contribution is 2.32. The van der Waals surface area contributed by atoms with Crippen molar-refractivity contribution in [2.24, 2.45) is 0 Å². The molecule has 0 amide bonds. The lowest BCUT2D eigenvalue weighted by molar-refractivity contribution is -0.0817. The quantitative estimate of drug-likeness (QED) is 0.459. The molecule has 0 radical (unpaired) electrons. The molecule has 0 bridgehead atoms. The minimum Gasteiger partial charge on any atom is -0.500 e. The topological polar surface area (TPSA) is 38.8 Å². The lowest BCUT2D eigenvalue weighted by atomic mass is 9.95. The molecule has 4 heteroatoms. The number of ketones is 1. The molecule has 0 aromatic heterocycles. The Morgan fingerprint density at radius 1 is 1.22 bits per heavy atom. The number of carbonyl (C=O) groups is 1. The van der Waals surface area contributed by atoms with Crippen molar-refractivity contribution in [3.63, 3.8) is 0 Å². The molecule has 1 aromatic carbocycles. The lowest BCUT2D eigenvalue weighted by Gasteiger charge is -2.38. The first-order valence-electron chi connectivity index (χ1n) is 7.49. The third-order valence-electron chi connectivity index (χ3n) is 4.09. The number of methoxy groups -OCH3 is 2. The van der Waals surface area contributed by atoms with Crippen LogP contribution < -0.4 is 0 Å². The molecule has 1 aliphatic rings. The van der Waals surface area contributed by atoms with E-state index in [4.69, 9.17) is 9.47 Å². The maximum atomic E-state index is 12.2. The van der Waals surface area contributed by atoms with Gasteiger partial charge in [0.25, 0.3) is 0 Å². The average molecular weight is 313 g/mol. The molecule has 0 saturated carbocycles. The van der Waals surface area contributed by atoms with E-state index in [9.17, 15) is 4.79 Å². The van der Waals surface area contributed by atoms with E-state index in [1.807, 2.05) is 49.3 Å². The normalized spacial score (nSPS) is 21.3. The summed E-state index contributed by atoms with van der Waals surface area (Å²) in [4.78, 5) is 14.2. The molecule has 23 heavy (non-hydrogen) atoms. The van der Waals surface area contributed by atoms with Gasteiger partial charge in [0, 0.05) is 18.2 Å². The lowest BCUT2D eigenvalue weighted by Crippen LogP contribution is -2.45. The summed E-state index contributed by atoms with van der Waals surface area (Å²) < 4.78 is 11.2. The number of hydrogen-bond acceptors (Lipinski definition) is 4. The maximum Gasteiger partial charge on any atom is 0.185 e. The number of carbonyl (C=O) groups excluding carboxylic acids is 1. The molecule has 0 N–H and O–H groups in total. The SMILES string of the molecule is COC1=C(C=CC(=O)c2ccccc2)C=CC(OC)(N(C)C)C1. The van der Waals surface area contributed by atoms with Crippen molar-refractivity contribution >= 4 is 5.78 Å². The summed E-state index contributed by atoms with van der Waals surface area (Å²) in [6, 6.07) is 9.20. The molecule has 0 heterocycles. The molecule has 1 atom stereocenters. The summed E-state index contributed by atoms with van der Waals surface area (Å²) in [7, 11) is 7.23. The van der Waals surface area contributed by atoms with Crippen LogP contribution in [0.2, 0.25) is 0 Å². The number of hydrogen-bond donors (Lipinski definition) is 0. The Morgan fingerprint density at radius 2 is 1.91 bits per heavy atom. The number of benzene rings is 1. The highest BCUT2D eigenvalue weighted by molar-refractivity contribution is 6.04. The zero-order chi connectivity index (χ0) is 16.9. The van der Waals surface area contributed by atoms with E-state index in [1.54, 1.807) is 38.5 Å². The Balaban J connectivity index is 2.21. The first kappa shape index (κ1) is 17.2. The molecule has 122 valence electrons. The number of nitrogens with zero attached hydrogens (tertiary/aromatic N) is 1. The van der Waals surface area contributed by atoms with Crippen LogP contribution in [0.25, 0.3) is 0 Å². The molecular formula is C19H23NO3. The molecule has 4 nitrogen and oxygen atoms in total. The Labute approximate surface area is 137 Å². The zero-order valence-corrected chi connectivity index (χ0v) is 14.1. The van der Waals surface area contributed by atoms with E-state index in [0.29, 0.717) is 12.0 Å². The van der Waals surface area contributed by atoms with Gasteiger partial charge in [0.2, 0.25) is 0 Å². The summed E-state index contributed by atoms with van der Waals surface area (Å²) in [5.74, 6) is 0.762. The number of likely N-dealkylation sites (N-methyl/N-ethyl adjacent to an activating group) is 1. The van der Waals surface area contributed by atoms with Gasteiger partial charge in [0.15, 0.2) is 5.78 Å². The summed E-state index contributed by atoms with van der Waals surface area (Å²) in [5.41, 5.74) is 1.03. The van der Waals surface area contributed by atoms with Crippen molar-refractivity contribution in [3.05, 3.63) is 71.5 Å². The van der Waals surface area contributed by atoms with Crippen LogP contribution in [0.15, 0.2) is 66.0 Å². The number of rotatable bonds is 6. The molecule has 0 spiro atoms. The number of allylic oxidation sites excluding steroid dienone is 4. The summed E-state index contributed by atoms with van der Waals surface area (Å²) >= 11 is 0. The van der Waals surface area contributed by atoms with Crippen LogP contribution in [-0.4, -0.2) is 44.7 Å². The zero-order valence-electron chi connectivity index (χ0n) is 14.1. The van der Waals surface area contributed by atoms with Crippen LogP contribution in [-0.2, 0) is 9.47 Å². The van der Waals surface area contributed by atoms with Gasteiger partial charge in [-0.3, -0.25) is 9.69 Å². The van der Waals surface area contributed by atoms with Crippen molar-refractivity contribution in [2.75, 3.05) is 28.3 Å². The van der Waals surface area contributed by atoms with E-state index >= 15 is 0 Å². The van der Waals surface area contributed by atoms with Gasteiger partial charge in [-0.1, -0.05) is 36.4 Å². The standard InChI is InChI=1S/C19H23NO3/c1-20(2)19(23-4)13-12-16(18(14-19)22-3)10-11-17(21)15-8-6-5-7-9-15/h5-13H,14H2,1-4H3. The van der Waals surface area contributed by atoms with Crippen molar-refractivity contribution in [2.45, 2.75) is 12.1 Å². The van der Waals surface area contributed by atoms with Crippen LogP contribution in [0.5, 0.6) is 0 Å². The second-order valence-electron chi connectivity index (χ2n) is 5.60. The fourth-order valence-corrected chi connectivity index (χ4v) is 2.54. The predicted octanol–water partition coefficient (Wildman–Crippen LogP) is 3.19. The Kier molecular flexibility index (Phi) is 5.53. The van der Waals surface area contributed by atoms with E-state index in [-0.39, 0.29) is 5.78 Å². The fraction of sp³-hybridized carbons (Fsp3) is 0.316. The van der Waals surface area contributed by atoms with Gasteiger partial charge in [0.05, 0.1) is 13.5 Å². The summed E-state index contributed by atoms with van der Waals surface area (Å²) in [6.45, 7) is 0. The molecule has 0 aliphatic heterocycles. The molecule has 1 aliphatic carbocycles. The molecular weight excluding hydrogens is 290 g/mol. The third-order valence-corrected chi connectivity index (χ3v) is 4.09. The van der Waals surface area contributed by atoms with Gasteiger partial charge in [0.1, 0.15) is 11.5 Å². The molecule has 1 unspecified atom stereocenters. The first-order chi connectivity index (χ1) is 11.0. The summed E-state index contributed by atoms with van der Waals surface area (Å²) in [6.07, 6.45) is 7.87. The van der Waals surface area contributed by atoms with Crippen LogP contribution >= 0.6 is 0 Å². The van der Waals surface area contributed by atoms with Gasteiger partial charge >= 0.3 is 0 Å².